The van der Waals surface area contributed by atoms with Crippen molar-refractivity contribution in [2.75, 3.05) is 14.2 Å². The number of methoxy groups -OCH3 is 2. The summed E-state index contributed by atoms with van der Waals surface area (Å²) in [5, 5.41) is 0. The van der Waals surface area contributed by atoms with Gasteiger partial charge in [-0.2, -0.15) is 0 Å². The second-order valence-electron chi connectivity index (χ2n) is 9.15. The molecule has 1 fully saturated rings. The normalized spacial score (nSPS) is 16.3. The minimum atomic E-state index is -0.415. The van der Waals surface area contributed by atoms with E-state index in [1.807, 2.05) is 24.3 Å². The maximum Gasteiger partial charge on any atom is 0.119 e. The molecule has 0 amide bonds. The van der Waals surface area contributed by atoms with Gasteiger partial charge in [0.05, 0.1) is 20.3 Å². The zero-order valence-electron chi connectivity index (χ0n) is 20.9. The molecular formula is C33H32O3. The molecule has 4 aromatic rings. The van der Waals surface area contributed by atoms with Gasteiger partial charge in [-0.1, -0.05) is 91.0 Å². The summed E-state index contributed by atoms with van der Waals surface area (Å²) < 4.78 is 17.7. The molecule has 1 aliphatic rings. The molecule has 5 rings (SSSR count). The molecule has 36 heavy (non-hydrogen) atoms. The first kappa shape index (κ1) is 23.9. The Kier molecular flexibility index (Phi) is 7.20. The molecule has 0 unspecified atom stereocenters. The fraction of sp³-hybridized carbons (Fsp3) is 0.212. The molecular weight excluding hydrogens is 444 g/mol. The fourth-order valence-electron chi connectivity index (χ4n) is 5.13. The largest absolute Gasteiger partial charge is 0.497 e. The summed E-state index contributed by atoms with van der Waals surface area (Å²) in [5.74, 6) is 1.70. The van der Waals surface area contributed by atoms with Crippen LogP contribution >= 0.6 is 0 Å². The third-order valence-corrected chi connectivity index (χ3v) is 7.05. The average Bonchev–Trinajstić information content (AvgIpc) is 3.40. The Morgan fingerprint density at radius 2 is 1.19 bits per heavy atom. The molecule has 0 aliphatic carbocycles. The van der Waals surface area contributed by atoms with E-state index in [2.05, 4.69) is 91.0 Å². The van der Waals surface area contributed by atoms with Crippen molar-refractivity contribution in [3.05, 3.63) is 138 Å². The molecule has 182 valence electrons. The topological polar surface area (TPSA) is 27.7 Å². The molecule has 1 aliphatic heterocycles. The summed E-state index contributed by atoms with van der Waals surface area (Å²) in [6.45, 7) is 0. The van der Waals surface area contributed by atoms with Crippen molar-refractivity contribution >= 4 is 5.57 Å². The van der Waals surface area contributed by atoms with E-state index < -0.39 is 5.60 Å². The van der Waals surface area contributed by atoms with E-state index in [-0.39, 0.29) is 6.10 Å². The van der Waals surface area contributed by atoms with Crippen LogP contribution in [0, 0.1) is 0 Å². The highest BCUT2D eigenvalue weighted by molar-refractivity contribution is 5.80. The minimum Gasteiger partial charge on any atom is -0.497 e. The lowest BCUT2D eigenvalue weighted by molar-refractivity contribution is -0.0148. The Morgan fingerprint density at radius 3 is 1.64 bits per heavy atom. The first-order valence-electron chi connectivity index (χ1n) is 12.5. The highest BCUT2D eigenvalue weighted by Crippen LogP contribution is 2.45. The third kappa shape index (κ3) is 4.93. The van der Waals surface area contributed by atoms with Crippen LogP contribution in [0.2, 0.25) is 0 Å². The van der Waals surface area contributed by atoms with Crippen molar-refractivity contribution in [3.8, 4) is 11.5 Å². The SMILES string of the molecule is COc1ccc(C(=CC[C@@H]2CCC(c3ccccc3)(c3ccccc3)O2)c2ccc(OC)cc2)cc1. The van der Waals surface area contributed by atoms with E-state index in [1.54, 1.807) is 14.2 Å². The first-order valence-corrected chi connectivity index (χ1v) is 12.5. The monoisotopic (exact) mass is 476 g/mol. The number of benzene rings is 4. The lowest BCUT2D eigenvalue weighted by Gasteiger charge is -2.31. The molecule has 0 spiro atoms. The summed E-state index contributed by atoms with van der Waals surface area (Å²) in [6, 6.07) is 37.8. The molecule has 4 aromatic carbocycles. The third-order valence-electron chi connectivity index (χ3n) is 7.05. The summed E-state index contributed by atoms with van der Waals surface area (Å²) in [4.78, 5) is 0. The molecule has 0 N–H and O–H groups in total. The van der Waals surface area contributed by atoms with E-state index in [1.165, 1.54) is 16.7 Å². The predicted octanol–water partition coefficient (Wildman–Crippen LogP) is 7.65. The molecule has 0 radical (unpaired) electrons. The van der Waals surface area contributed by atoms with Crippen molar-refractivity contribution in [1.29, 1.82) is 0 Å². The summed E-state index contributed by atoms with van der Waals surface area (Å²) in [7, 11) is 3.39. The second-order valence-corrected chi connectivity index (χ2v) is 9.15. The molecule has 1 heterocycles. The van der Waals surface area contributed by atoms with Gasteiger partial charge in [-0.25, -0.2) is 0 Å². The molecule has 0 aromatic heterocycles. The van der Waals surface area contributed by atoms with Gasteiger partial charge in [0, 0.05) is 0 Å². The van der Waals surface area contributed by atoms with Crippen molar-refractivity contribution in [2.24, 2.45) is 0 Å². The van der Waals surface area contributed by atoms with Crippen LogP contribution in [-0.4, -0.2) is 20.3 Å². The summed E-state index contributed by atoms with van der Waals surface area (Å²) >= 11 is 0. The van der Waals surface area contributed by atoms with Crippen molar-refractivity contribution < 1.29 is 14.2 Å². The Hall–Kier alpha value is -3.82. The Bertz CT molecular complexity index is 1190. The molecule has 3 heteroatoms. The van der Waals surface area contributed by atoms with Gasteiger partial charge in [0.2, 0.25) is 0 Å². The van der Waals surface area contributed by atoms with Gasteiger partial charge in [0.1, 0.15) is 17.1 Å². The highest BCUT2D eigenvalue weighted by Gasteiger charge is 2.42. The quantitative estimate of drug-likeness (QED) is 0.261. The number of hydrogen-bond acceptors (Lipinski definition) is 3. The van der Waals surface area contributed by atoms with Crippen LogP contribution in [0.1, 0.15) is 41.5 Å². The zero-order chi connectivity index (χ0) is 24.8. The lowest BCUT2D eigenvalue weighted by Crippen LogP contribution is -2.28. The Morgan fingerprint density at radius 1 is 0.722 bits per heavy atom. The van der Waals surface area contributed by atoms with E-state index >= 15 is 0 Å². The van der Waals surface area contributed by atoms with Gasteiger partial charge in [-0.05, 0) is 71.4 Å². The van der Waals surface area contributed by atoms with Crippen LogP contribution in [0.4, 0.5) is 0 Å². The molecule has 0 saturated carbocycles. The van der Waals surface area contributed by atoms with Crippen LogP contribution in [0.3, 0.4) is 0 Å². The van der Waals surface area contributed by atoms with Crippen LogP contribution in [0.5, 0.6) is 11.5 Å². The molecule has 1 atom stereocenters. The number of rotatable bonds is 8. The van der Waals surface area contributed by atoms with Gasteiger partial charge in [0.25, 0.3) is 0 Å². The maximum atomic E-state index is 6.93. The maximum absolute atomic E-state index is 6.93. The highest BCUT2D eigenvalue weighted by atomic mass is 16.5. The predicted molar refractivity (Wildman–Crippen MR) is 145 cm³/mol. The summed E-state index contributed by atoms with van der Waals surface area (Å²) in [6.07, 6.45) is 5.23. The van der Waals surface area contributed by atoms with E-state index in [0.717, 1.165) is 41.9 Å². The van der Waals surface area contributed by atoms with Crippen LogP contribution in [-0.2, 0) is 10.3 Å². The Balaban J connectivity index is 1.45. The molecule has 0 bridgehead atoms. The van der Waals surface area contributed by atoms with Gasteiger partial charge in [0.15, 0.2) is 0 Å². The van der Waals surface area contributed by atoms with Crippen molar-refractivity contribution in [3.63, 3.8) is 0 Å². The lowest BCUT2D eigenvalue weighted by atomic mass is 9.84. The van der Waals surface area contributed by atoms with Gasteiger partial charge in [-0.3, -0.25) is 0 Å². The fourth-order valence-corrected chi connectivity index (χ4v) is 5.13. The van der Waals surface area contributed by atoms with E-state index in [9.17, 15) is 0 Å². The van der Waals surface area contributed by atoms with Crippen LogP contribution < -0.4 is 9.47 Å². The van der Waals surface area contributed by atoms with Gasteiger partial charge in [-0.15, -0.1) is 0 Å². The standard InChI is InChI=1S/C33H32O3/c1-34-29-17-13-25(14-18-29)32(26-15-19-30(35-2)20-16-26)22-21-31-23-24-33(36-31,27-9-5-3-6-10-27)28-11-7-4-8-12-28/h3-20,22,31H,21,23-24H2,1-2H3/t31-/m1/s1. The number of hydrogen-bond donors (Lipinski definition) is 0. The molecule has 1 saturated heterocycles. The minimum absolute atomic E-state index is 0.122. The number of ether oxygens (including phenoxy) is 3. The van der Waals surface area contributed by atoms with Crippen molar-refractivity contribution in [2.45, 2.75) is 31.0 Å². The Labute approximate surface area is 214 Å². The van der Waals surface area contributed by atoms with Gasteiger partial charge < -0.3 is 14.2 Å². The van der Waals surface area contributed by atoms with Gasteiger partial charge >= 0.3 is 0 Å². The van der Waals surface area contributed by atoms with E-state index in [4.69, 9.17) is 14.2 Å². The van der Waals surface area contributed by atoms with Crippen molar-refractivity contribution in [1.82, 2.24) is 0 Å². The first-order chi connectivity index (χ1) is 17.7. The molecule has 3 nitrogen and oxygen atoms in total. The second kappa shape index (κ2) is 10.8. The smallest absolute Gasteiger partial charge is 0.119 e. The van der Waals surface area contributed by atoms with Crippen LogP contribution in [0.15, 0.2) is 115 Å². The average molecular weight is 477 g/mol. The van der Waals surface area contributed by atoms with E-state index in [0.29, 0.717) is 0 Å². The zero-order valence-corrected chi connectivity index (χ0v) is 20.9. The van der Waals surface area contributed by atoms with Crippen LogP contribution in [0.25, 0.3) is 5.57 Å². The summed E-state index contributed by atoms with van der Waals surface area (Å²) in [5.41, 5.74) is 5.50.